The van der Waals surface area contributed by atoms with E-state index in [0.717, 1.165) is 22.6 Å². The van der Waals surface area contributed by atoms with Crippen LogP contribution in [-0.2, 0) is 13.1 Å². The summed E-state index contributed by atoms with van der Waals surface area (Å²) in [7, 11) is 1.65. The number of pyridine rings is 2. The first kappa shape index (κ1) is 17.8. The van der Waals surface area contributed by atoms with Crippen molar-refractivity contribution in [1.82, 2.24) is 14.9 Å². The van der Waals surface area contributed by atoms with Crippen LogP contribution in [0.3, 0.4) is 0 Å². The molecular formula is C20H20N4OS. The Labute approximate surface area is 158 Å². The van der Waals surface area contributed by atoms with E-state index >= 15 is 0 Å². The summed E-state index contributed by atoms with van der Waals surface area (Å²) in [6, 6.07) is 15.7. The minimum atomic E-state index is 0.649. The van der Waals surface area contributed by atoms with Crippen LogP contribution in [0, 0.1) is 0 Å². The van der Waals surface area contributed by atoms with Gasteiger partial charge in [-0.05, 0) is 65.8 Å². The summed E-state index contributed by atoms with van der Waals surface area (Å²) in [6.07, 6.45) is 7.20. The summed E-state index contributed by atoms with van der Waals surface area (Å²) in [5.74, 6) is 0.811. The van der Waals surface area contributed by atoms with Gasteiger partial charge in [0, 0.05) is 43.6 Å². The van der Waals surface area contributed by atoms with Crippen LogP contribution in [0.25, 0.3) is 0 Å². The van der Waals surface area contributed by atoms with Gasteiger partial charge < -0.3 is 15.0 Å². The average molecular weight is 364 g/mol. The molecule has 0 aliphatic rings. The third-order valence-corrected chi connectivity index (χ3v) is 4.21. The van der Waals surface area contributed by atoms with Gasteiger partial charge >= 0.3 is 0 Å². The first-order valence-electron chi connectivity index (χ1n) is 8.22. The molecule has 0 saturated heterocycles. The van der Waals surface area contributed by atoms with Crippen LogP contribution < -0.4 is 10.1 Å². The SMILES string of the molecule is COc1ccc(NC(=S)N(Cc2ccncc2)Cc2cccnc2)cc1. The highest BCUT2D eigenvalue weighted by Gasteiger charge is 2.12. The zero-order valence-electron chi connectivity index (χ0n) is 14.5. The number of anilines is 1. The van der Waals surface area contributed by atoms with Crippen LogP contribution in [0.4, 0.5) is 5.69 Å². The second kappa shape index (κ2) is 8.92. The second-order valence-corrected chi connectivity index (χ2v) is 6.12. The normalized spacial score (nSPS) is 10.2. The smallest absolute Gasteiger partial charge is 0.174 e. The summed E-state index contributed by atoms with van der Waals surface area (Å²) in [6.45, 7) is 1.34. The summed E-state index contributed by atoms with van der Waals surface area (Å²) in [5.41, 5.74) is 3.16. The van der Waals surface area contributed by atoms with E-state index in [4.69, 9.17) is 17.0 Å². The van der Waals surface area contributed by atoms with Crippen LogP contribution in [0.15, 0.2) is 73.3 Å². The number of hydrogen-bond donors (Lipinski definition) is 1. The molecule has 2 heterocycles. The average Bonchev–Trinajstić information content (AvgIpc) is 2.69. The molecule has 132 valence electrons. The number of nitrogens with one attached hydrogen (secondary N) is 1. The summed E-state index contributed by atoms with van der Waals surface area (Å²) in [4.78, 5) is 10.4. The standard InChI is InChI=1S/C20H20N4OS/c1-25-19-6-4-18(5-7-19)23-20(26)24(14-16-8-11-21-12-9-16)15-17-3-2-10-22-13-17/h2-13H,14-15H2,1H3,(H,23,26). The molecule has 3 rings (SSSR count). The molecule has 0 saturated carbocycles. The molecule has 2 aromatic heterocycles. The van der Waals surface area contributed by atoms with Gasteiger partial charge in [0.25, 0.3) is 0 Å². The van der Waals surface area contributed by atoms with Crippen molar-refractivity contribution in [3.05, 3.63) is 84.4 Å². The van der Waals surface area contributed by atoms with Gasteiger partial charge in [-0.25, -0.2) is 0 Å². The molecule has 26 heavy (non-hydrogen) atoms. The molecule has 3 aromatic rings. The number of thiocarbonyl (C=S) groups is 1. The largest absolute Gasteiger partial charge is 0.497 e. The van der Waals surface area contributed by atoms with E-state index in [9.17, 15) is 0 Å². The number of ether oxygens (including phenoxy) is 1. The maximum atomic E-state index is 5.66. The number of aromatic nitrogens is 2. The number of nitrogens with zero attached hydrogens (tertiary/aromatic N) is 3. The Bertz CT molecular complexity index is 784. The molecule has 6 heteroatoms. The van der Waals surface area contributed by atoms with Crippen LogP contribution in [-0.4, -0.2) is 27.1 Å². The van der Waals surface area contributed by atoms with Crippen molar-refractivity contribution < 1.29 is 4.74 Å². The first-order chi connectivity index (χ1) is 12.7. The third-order valence-electron chi connectivity index (χ3n) is 3.85. The number of rotatable bonds is 6. The highest BCUT2D eigenvalue weighted by atomic mass is 32.1. The molecule has 5 nitrogen and oxygen atoms in total. The third kappa shape index (κ3) is 5.00. The lowest BCUT2D eigenvalue weighted by Crippen LogP contribution is -2.33. The Hall–Kier alpha value is -2.99. The highest BCUT2D eigenvalue weighted by molar-refractivity contribution is 7.80. The summed E-state index contributed by atoms with van der Waals surface area (Å²) < 4.78 is 5.20. The van der Waals surface area contributed by atoms with Gasteiger partial charge in [-0.3, -0.25) is 9.97 Å². The van der Waals surface area contributed by atoms with Gasteiger partial charge in [-0.15, -0.1) is 0 Å². The van der Waals surface area contributed by atoms with Crippen molar-refractivity contribution in [2.45, 2.75) is 13.1 Å². The molecule has 0 unspecified atom stereocenters. The Kier molecular flexibility index (Phi) is 6.11. The van der Waals surface area contributed by atoms with Crippen molar-refractivity contribution in [2.24, 2.45) is 0 Å². The van der Waals surface area contributed by atoms with Gasteiger partial charge in [0.05, 0.1) is 7.11 Å². The Balaban J connectivity index is 1.75. The monoisotopic (exact) mass is 364 g/mol. The lowest BCUT2D eigenvalue weighted by molar-refractivity contribution is 0.412. The minimum Gasteiger partial charge on any atom is -0.497 e. The van der Waals surface area contributed by atoms with Crippen molar-refractivity contribution in [1.29, 1.82) is 0 Å². The van der Waals surface area contributed by atoms with Gasteiger partial charge in [0.1, 0.15) is 5.75 Å². The fourth-order valence-corrected chi connectivity index (χ4v) is 2.74. The molecule has 0 amide bonds. The van der Waals surface area contributed by atoms with E-state index in [2.05, 4.69) is 20.2 Å². The molecule has 0 aliphatic heterocycles. The van der Waals surface area contributed by atoms with Gasteiger partial charge in [0.2, 0.25) is 0 Å². The quantitative estimate of drug-likeness (QED) is 0.670. The zero-order valence-corrected chi connectivity index (χ0v) is 15.3. The van der Waals surface area contributed by atoms with Crippen molar-refractivity contribution in [3.8, 4) is 5.75 Å². The molecule has 0 radical (unpaired) electrons. The Morgan fingerprint density at radius 1 is 0.962 bits per heavy atom. The van der Waals surface area contributed by atoms with E-state index in [1.165, 1.54) is 0 Å². The number of hydrogen-bond acceptors (Lipinski definition) is 4. The van der Waals surface area contributed by atoms with Crippen molar-refractivity contribution in [3.63, 3.8) is 0 Å². The van der Waals surface area contributed by atoms with Gasteiger partial charge in [-0.1, -0.05) is 6.07 Å². The van der Waals surface area contributed by atoms with Crippen LogP contribution in [0.2, 0.25) is 0 Å². The molecule has 0 fully saturated rings. The van der Waals surface area contributed by atoms with Crippen LogP contribution in [0.1, 0.15) is 11.1 Å². The maximum Gasteiger partial charge on any atom is 0.174 e. The van der Waals surface area contributed by atoms with Crippen molar-refractivity contribution in [2.75, 3.05) is 12.4 Å². The van der Waals surface area contributed by atoms with E-state index < -0.39 is 0 Å². The predicted octanol–water partition coefficient (Wildman–Crippen LogP) is 3.88. The maximum absolute atomic E-state index is 5.66. The van der Waals surface area contributed by atoms with Crippen LogP contribution in [0.5, 0.6) is 5.75 Å². The Morgan fingerprint density at radius 2 is 1.69 bits per heavy atom. The van der Waals surface area contributed by atoms with Crippen LogP contribution >= 0.6 is 12.2 Å². The fraction of sp³-hybridized carbons (Fsp3) is 0.150. The van der Waals surface area contributed by atoms with E-state index in [-0.39, 0.29) is 0 Å². The van der Waals surface area contributed by atoms with Gasteiger partial charge in [0.15, 0.2) is 5.11 Å². The topological polar surface area (TPSA) is 50.3 Å². The lowest BCUT2D eigenvalue weighted by atomic mass is 10.2. The zero-order chi connectivity index (χ0) is 18.2. The molecule has 0 aliphatic carbocycles. The predicted molar refractivity (Wildman–Crippen MR) is 107 cm³/mol. The lowest BCUT2D eigenvalue weighted by Gasteiger charge is -2.26. The summed E-state index contributed by atoms with van der Waals surface area (Å²) in [5, 5.41) is 3.95. The van der Waals surface area contributed by atoms with Gasteiger partial charge in [-0.2, -0.15) is 0 Å². The van der Waals surface area contributed by atoms with E-state index in [1.54, 1.807) is 25.7 Å². The Morgan fingerprint density at radius 3 is 2.35 bits per heavy atom. The fourth-order valence-electron chi connectivity index (χ4n) is 2.50. The molecule has 1 N–H and O–H groups in total. The van der Waals surface area contributed by atoms with Crippen molar-refractivity contribution >= 4 is 23.0 Å². The minimum absolute atomic E-state index is 0.649. The molecule has 1 aromatic carbocycles. The molecule has 0 bridgehead atoms. The molecule has 0 atom stereocenters. The molecule has 0 spiro atoms. The summed E-state index contributed by atoms with van der Waals surface area (Å²) >= 11 is 5.66. The number of benzene rings is 1. The van der Waals surface area contributed by atoms with E-state index in [1.807, 2.05) is 54.7 Å². The second-order valence-electron chi connectivity index (χ2n) is 5.73. The highest BCUT2D eigenvalue weighted by Crippen LogP contribution is 2.17. The van der Waals surface area contributed by atoms with E-state index in [0.29, 0.717) is 18.2 Å². The molecular weight excluding hydrogens is 344 g/mol. The number of methoxy groups -OCH3 is 1. The first-order valence-corrected chi connectivity index (χ1v) is 8.63.